The molecule has 0 unspecified atom stereocenters. The lowest BCUT2D eigenvalue weighted by molar-refractivity contribution is 0.187. The van der Waals surface area contributed by atoms with Crippen LogP contribution in [0, 0.1) is 0 Å². The highest BCUT2D eigenvalue weighted by atomic mass is 15.3. The van der Waals surface area contributed by atoms with Crippen LogP contribution in [0.3, 0.4) is 0 Å². The van der Waals surface area contributed by atoms with Crippen molar-refractivity contribution in [3.05, 3.63) is 12.4 Å². The Morgan fingerprint density at radius 2 is 1.90 bits per heavy atom. The first-order valence-electron chi connectivity index (χ1n) is 7.91. The van der Waals surface area contributed by atoms with Gasteiger partial charge >= 0.3 is 0 Å². The minimum atomic E-state index is 0.844. The van der Waals surface area contributed by atoms with Crippen molar-refractivity contribution in [2.24, 2.45) is 0 Å². The Kier molecular flexibility index (Phi) is 4.35. The van der Waals surface area contributed by atoms with E-state index in [2.05, 4.69) is 32.0 Å². The molecule has 2 heterocycles. The van der Waals surface area contributed by atoms with Gasteiger partial charge in [0.25, 0.3) is 0 Å². The van der Waals surface area contributed by atoms with Crippen molar-refractivity contribution in [2.45, 2.75) is 38.6 Å². The number of rotatable bonds is 4. The second-order valence-electron chi connectivity index (χ2n) is 5.75. The molecule has 1 aromatic rings. The summed E-state index contributed by atoms with van der Waals surface area (Å²) in [4.78, 5) is 14.0. The third-order valence-electron chi connectivity index (χ3n) is 4.46. The molecule has 5 heteroatoms. The molecule has 0 bridgehead atoms. The number of aromatic nitrogens is 2. The number of nitrogens with zero attached hydrogens (tertiary/aromatic N) is 4. The Hall–Kier alpha value is -1.36. The van der Waals surface area contributed by atoms with Crippen molar-refractivity contribution in [1.29, 1.82) is 0 Å². The first-order valence-corrected chi connectivity index (χ1v) is 7.91. The first-order chi connectivity index (χ1) is 9.86. The van der Waals surface area contributed by atoms with Gasteiger partial charge in [-0.3, -0.25) is 9.88 Å². The van der Waals surface area contributed by atoms with Gasteiger partial charge < -0.3 is 10.2 Å². The molecule has 110 valence electrons. The van der Waals surface area contributed by atoms with Gasteiger partial charge in [0, 0.05) is 38.8 Å². The summed E-state index contributed by atoms with van der Waals surface area (Å²) in [7, 11) is 0. The maximum atomic E-state index is 4.64. The van der Waals surface area contributed by atoms with Gasteiger partial charge in [0.1, 0.15) is 11.6 Å². The molecule has 3 rings (SSSR count). The van der Waals surface area contributed by atoms with E-state index in [1.54, 1.807) is 6.20 Å². The van der Waals surface area contributed by atoms with E-state index in [1.807, 2.05) is 6.20 Å². The third-order valence-corrected chi connectivity index (χ3v) is 4.46. The molecule has 1 aliphatic heterocycles. The fourth-order valence-corrected chi connectivity index (χ4v) is 3.36. The van der Waals surface area contributed by atoms with E-state index in [4.69, 9.17) is 0 Å². The van der Waals surface area contributed by atoms with Crippen molar-refractivity contribution >= 4 is 11.6 Å². The quantitative estimate of drug-likeness (QED) is 0.910. The Bertz CT molecular complexity index is 422. The predicted molar refractivity (Wildman–Crippen MR) is 82.2 cm³/mol. The van der Waals surface area contributed by atoms with Gasteiger partial charge in [-0.15, -0.1) is 0 Å². The molecular formula is C15H25N5. The van der Waals surface area contributed by atoms with Crippen LogP contribution in [0.1, 0.15) is 32.6 Å². The average Bonchev–Trinajstić information content (AvgIpc) is 3.02. The Balaban J connectivity index is 1.58. The van der Waals surface area contributed by atoms with E-state index in [9.17, 15) is 0 Å². The molecule has 20 heavy (non-hydrogen) atoms. The summed E-state index contributed by atoms with van der Waals surface area (Å²) in [6.07, 6.45) is 9.31. The van der Waals surface area contributed by atoms with Crippen LogP contribution in [0.15, 0.2) is 12.4 Å². The molecule has 1 saturated heterocycles. The average molecular weight is 275 g/mol. The van der Waals surface area contributed by atoms with Crippen LogP contribution in [0.4, 0.5) is 11.6 Å². The minimum absolute atomic E-state index is 0.844. The van der Waals surface area contributed by atoms with Gasteiger partial charge in [-0.05, 0) is 19.8 Å². The first kappa shape index (κ1) is 13.6. The summed E-state index contributed by atoms with van der Waals surface area (Å²) in [6.45, 7) is 7.43. The van der Waals surface area contributed by atoms with E-state index in [0.717, 1.165) is 50.4 Å². The van der Waals surface area contributed by atoms with Crippen molar-refractivity contribution in [3.63, 3.8) is 0 Å². The van der Waals surface area contributed by atoms with Crippen LogP contribution in [-0.2, 0) is 0 Å². The predicted octanol–water partition coefficient (Wildman–Crippen LogP) is 1.97. The third kappa shape index (κ3) is 3.03. The van der Waals surface area contributed by atoms with Gasteiger partial charge in [0.15, 0.2) is 0 Å². The second kappa shape index (κ2) is 6.39. The van der Waals surface area contributed by atoms with Gasteiger partial charge in [-0.1, -0.05) is 12.8 Å². The van der Waals surface area contributed by atoms with Crippen LogP contribution < -0.4 is 10.2 Å². The summed E-state index contributed by atoms with van der Waals surface area (Å²) >= 11 is 0. The molecule has 2 fully saturated rings. The fourth-order valence-electron chi connectivity index (χ4n) is 3.36. The summed E-state index contributed by atoms with van der Waals surface area (Å²) in [5, 5.41) is 3.23. The van der Waals surface area contributed by atoms with Crippen LogP contribution in [-0.4, -0.2) is 53.6 Å². The molecule has 0 spiro atoms. The van der Waals surface area contributed by atoms with Crippen LogP contribution in [0.5, 0.6) is 0 Å². The summed E-state index contributed by atoms with van der Waals surface area (Å²) in [6, 6.07) is 0.844. The largest absolute Gasteiger partial charge is 0.369 e. The molecule has 1 N–H and O–H groups in total. The van der Waals surface area contributed by atoms with Gasteiger partial charge in [0.2, 0.25) is 0 Å². The molecule has 0 amide bonds. The van der Waals surface area contributed by atoms with Gasteiger partial charge in [-0.25, -0.2) is 4.98 Å². The Morgan fingerprint density at radius 1 is 1.15 bits per heavy atom. The van der Waals surface area contributed by atoms with Crippen LogP contribution >= 0.6 is 0 Å². The number of nitrogens with one attached hydrogen (secondary N) is 1. The maximum absolute atomic E-state index is 4.64. The summed E-state index contributed by atoms with van der Waals surface area (Å²) in [5.74, 6) is 1.89. The lowest BCUT2D eigenvalue weighted by Crippen LogP contribution is -2.50. The lowest BCUT2D eigenvalue weighted by Gasteiger charge is -2.38. The summed E-state index contributed by atoms with van der Waals surface area (Å²) in [5.41, 5.74) is 0. The zero-order valence-corrected chi connectivity index (χ0v) is 12.4. The van der Waals surface area contributed by atoms with Gasteiger partial charge in [-0.2, -0.15) is 0 Å². The topological polar surface area (TPSA) is 44.3 Å². The molecule has 2 aliphatic rings. The van der Waals surface area contributed by atoms with Crippen LogP contribution in [0.2, 0.25) is 0 Å². The molecule has 0 atom stereocenters. The Labute approximate surface area is 121 Å². The molecule has 1 aliphatic carbocycles. The van der Waals surface area contributed by atoms with E-state index in [0.29, 0.717) is 0 Å². The standard InChI is InChI=1S/C15H25N5/c1-2-17-14-11-16-12-15(18-14)20-9-7-19(8-10-20)13-5-3-4-6-13/h11-13H,2-10H2,1H3,(H,17,18). The second-order valence-corrected chi connectivity index (χ2v) is 5.75. The van der Waals surface area contributed by atoms with E-state index in [-0.39, 0.29) is 0 Å². The van der Waals surface area contributed by atoms with E-state index >= 15 is 0 Å². The number of hydrogen-bond donors (Lipinski definition) is 1. The molecular weight excluding hydrogens is 250 g/mol. The number of anilines is 2. The molecule has 0 aromatic carbocycles. The van der Waals surface area contributed by atoms with Crippen molar-refractivity contribution in [2.75, 3.05) is 42.9 Å². The molecule has 0 radical (unpaired) electrons. The van der Waals surface area contributed by atoms with Crippen LogP contribution in [0.25, 0.3) is 0 Å². The molecule has 5 nitrogen and oxygen atoms in total. The van der Waals surface area contributed by atoms with Crippen molar-refractivity contribution in [1.82, 2.24) is 14.9 Å². The SMILES string of the molecule is CCNc1cncc(N2CCN(C3CCCC3)CC2)n1. The smallest absolute Gasteiger partial charge is 0.149 e. The van der Waals surface area contributed by atoms with E-state index < -0.39 is 0 Å². The zero-order chi connectivity index (χ0) is 13.8. The minimum Gasteiger partial charge on any atom is -0.369 e. The Morgan fingerprint density at radius 3 is 2.60 bits per heavy atom. The highest BCUT2D eigenvalue weighted by molar-refractivity contribution is 5.44. The normalized spacial score (nSPS) is 21.4. The lowest BCUT2D eigenvalue weighted by atomic mass is 10.2. The highest BCUT2D eigenvalue weighted by Gasteiger charge is 2.26. The number of piperazine rings is 1. The molecule has 1 aromatic heterocycles. The zero-order valence-electron chi connectivity index (χ0n) is 12.4. The molecule has 1 saturated carbocycles. The fraction of sp³-hybridized carbons (Fsp3) is 0.733. The maximum Gasteiger partial charge on any atom is 0.149 e. The monoisotopic (exact) mass is 275 g/mol. The number of hydrogen-bond acceptors (Lipinski definition) is 5. The van der Waals surface area contributed by atoms with Crippen molar-refractivity contribution in [3.8, 4) is 0 Å². The van der Waals surface area contributed by atoms with E-state index in [1.165, 1.54) is 25.7 Å². The summed E-state index contributed by atoms with van der Waals surface area (Å²) < 4.78 is 0. The van der Waals surface area contributed by atoms with Crippen molar-refractivity contribution < 1.29 is 0 Å². The highest BCUT2D eigenvalue weighted by Crippen LogP contribution is 2.25. The van der Waals surface area contributed by atoms with Gasteiger partial charge in [0.05, 0.1) is 12.4 Å².